The van der Waals surface area contributed by atoms with Gasteiger partial charge in [0.2, 0.25) is 0 Å². The van der Waals surface area contributed by atoms with E-state index in [4.69, 9.17) is 5.11 Å². The lowest BCUT2D eigenvalue weighted by atomic mass is 10.1. The molecule has 0 aliphatic carbocycles. The summed E-state index contributed by atoms with van der Waals surface area (Å²) in [7, 11) is 0. The molecule has 2 N–H and O–H groups in total. The van der Waals surface area contributed by atoms with Crippen molar-refractivity contribution in [1.82, 2.24) is 0 Å². The van der Waals surface area contributed by atoms with Crippen LogP contribution in [0.1, 0.15) is 78.1 Å². The first-order chi connectivity index (χ1) is 8.68. The second kappa shape index (κ2) is 13.7. The summed E-state index contributed by atoms with van der Waals surface area (Å²) in [5, 5.41) is 18.5. The molecule has 0 aromatic heterocycles. The fraction of sp³-hybridized carbons (Fsp3) is 1.00. The highest BCUT2D eigenvalue weighted by Crippen LogP contribution is 2.16. The van der Waals surface area contributed by atoms with Crippen molar-refractivity contribution in [2.45, 2.75) is 89.6 Å². The van der Waals surface area contributed by atoms with Crippen LogP contribution in [0, 0.1) is 0 Å². The highest BCUT2D eigenvalue weighted by atomic mass is 32.2. The third-order valence-electron chi connectivity index (χ3n) is 3.20. The van der Waals surface area contributed by atoms with Crippen molar-refractivity contribution in [2.24, 2.45) is 0 Å². The van der Waals surface area contributed by atoms with Crippen LogP contribution >= 0.6 is 11.8 Å². The zero-order valence-electron chi connectivity index (χ0n) is 12.2. The van der Waals surface area contributed by atoms with Crippen LogP contribution in [-0.4, -0.2) is 27.5 Å². The fourth-order valence-corrected chi connectivity index (χ4v) is 2.82. The van der Waals surface area contributed by atoms with Crippen molar-refractivity contribution in [1.29, 1.82) is 0 Å². The lowest BCUT2D eigenvalue weighted by Crippen LogP contribution is -2.18. The monoisotopic (exact) mass is 276 g/mol. The van der Waals surface area contributed by atoms with Gasteiger partial charge in [-0.25, -0.2) is 0 Å². The average molecular weight is 276 g/mol. The van der Waals surface area contributed by atoms with Crippen molar-refractivity contribution in [3.8, 4) is 0 Å². The molecule has 2 unspecified atom stereocenters. The Morgan fingerprint density at radius 2 is 1.22 bits per heavy atom. The zero-order chi connectivity index (χ0) is 13.6. The maximum atomic E-state index is 9.38. The van der Waals surface area contributed by atoms with Crippen molar-refractivity contribution < 1.29 is 10.2 Å². The molecule has 0 aromatic rings. The van der Waals surface area contributed by atoms with Crippen LogP contribution in [0.4, 0.5) is 0 Å². The Morgan fingerprint density at radius 1 is 0.778 bits per heavy atom. The maximum Gasteiger partial charge on any atom is 0.125 e. The smallest absolute Gasteiger partial charge is 0.125 e. The van der Waals surface area contributed by atoms with Crippen LogP contribution in [0.2, 0.25) is 0 Å². The molecule has 2 nitrogen and oxygen atoms in total. The zero-order valence-corrected chi connectivity index (χ0v) is 13.1. The van der Waals surface area contributed by atoms with Crippen LogP contribution in [0.25, 0.3) is 0 Å². The molecule has 0 saturated carbocycles. The molecule has 0 amide bonds. The molecule has 3 heteroatoms. The van der Waals surface area contributed by atoms with E-state index in [1.807, 2.05) is 0 Å². The van der Waals surface area contributed by atoms with Crippen LogP contribution in [-0.2, 0) is 0 Å². The Balaban J connectivity index is 3.03. The summed E-state index contributed by atoms with van der Waals surface area (Å²) >= 11 is 1.47. The SMILES string of the molecule is CCCCCCCCCCCCSC(O)C(C)O. The molecule has 0 spiro atoms. The van der Waals surface area contributed by atoms with Crippen molar-refractivity contribution in [3.05, 3.63) is 0 Å². The first kappa shape index (κ1) is 18.3. The van der Waals surface area contributed by atoms with E-state index >= 15 is 0 Å². The minimum atomic E-state index is -0.613. The lowest BCUT2D eigenvalue weighted by molar-refractivity contribution is 0.0873. The Bertz CT molecular complexity index is 163. The molecule has 0 fully saturated rings. The topological polar surface area (TPSA) is 40.5 Å². The number of unbranched alkanes of at least 4 members (excludes halogenated alkanes) is 9. The van der Waals surface area contributed by atoms with Gasteiger partial charge in [0.05, 0.1) is 6.10 Å². The quantitative estimate of drug-likeness (QED) is 0.388. The minimum Gasteiger partial charge on any atom is -0.390 e. The second-order valence-corrected chi connectivity index (χ2v) is 6.41. The van der Waals surface area contributed by atoms with E-state index in [9.17, 15) is 5.11 Å². The normalized spacial score (nSPS) is 14.7. The van der Waals surface area contributed by atoms with Crippen LogP contribution in [0.3, 0.4) is 0 Å². The summed E-state index contributed by atoms with van der Waals surface area (Å²) < 4.78 is 0. The van der Waals surface area contributed by atoms with Crippen molar-refractivity contribution in [3.63, 3.8) is 0 Å². The van der Waals surface area contributed by atoms with Gasteiger partial charge in [0.25, 0.3) is 0 Å². The number of hydrogen-bond acceptors (Lipinski definition) is 3. The lowest BCUT2D eigenvalue weighted by Gasteiger charge is -2.12. The Labute approximate surface area is 118 Å². The van der Waals surface area contributed by atoms with Gasteiger partial charge < -0.3 is 10.2 Å². The standard InChI is InChI=1S/C15H32O2S/c1-3-4-5-6-7-8-9-10-11-12-13-18-15(17)14(2)16/h14-17H,3-13H2,1-2H3. The van der Waals surface area contributed by atoms with E-state index in [0.29, 0.717) is 0 Å². The Morgan fingerprint density at radius 3 is 1.67 bits per heavy atom. The largest absolute Gasteiger partial charge is 0.390 e. The maximum absolute atomic E-state index is 9.38. The van der Waals surface area contributed by atoms with Gasteiger partial charge in [0, 0.05) is 0 Å². The van der Waals surface area contributed by atoms with Gasteiger partial charge in [-0.15, -0.1) is 11.8 Å². The van der Waals surface area contributed by atoms with E-state index in [2.05, 4.69) is 6.92 Å². The third kappa shape index (κ3) is 12.7. The summed E-state index contributed by atoms with van der Waals surface area (Å²) in [6.45, 7) is 3.89. The molecule has 0 heterocycles. The van der Waals surface area contributed by atoms with Crippen LogP contribution in [0.5, 0.6) is 0 Å². The highest BCUT2D eigenvalue weighted by molar-refractivity contribution is 7.99. The van der Waals surface area contributed by atoms with E-state index < -0.39 is 11.5 Å². The van der Waals surface area contributed by atoms with Gasteiger partial charge in [-0.1, -0.05) is 64.7 Å². The van der Waals surface area contributed by atoms with Gasteiger partial charge in [-0.05, 0) is 19.1 Å². The molecule has 0 aliphatic rings. The van der Waals surface area contributed by atoms with Gasteiger partial charge in [-0.3, -0.25) is 0 Å². The second-order valence-electron chi connectivity index (χ2n) is 5.18. The number of aliphatic hydroxyl groups excluding tert-OH is 2. The van der Waals surface area contributed by atoms with Crippen molar-refractivity contribution >= 4 is 11.8 Å². The van der Waals surface area contributed by atoms with Crippen molar-refractivity contribution in [2.75, 3.05) is 5.75 Å². The summed E-state index contributed by atoms with van der Waals surface area (Å²) in [6, 6.07) is 0. The van der Waals surface area contributed by atoms with Gasteiger partial charge in [-0.2, -0.15) is 0 Å². The number of rotatable bonds is 13. The highest BCUT2D eigenvalue weighted by Gasteiger charge is 2.09. The van der Waals surface area contributed by atoms with Crippen LogP contribution in [0.15, 0.2) is 0 Å². The first-order valence-electron chi connectivity index (χ1n) is 7.66. The molecule has 0 radical (unpaired) electrons. The minimum absolute atomic E-state index is 0.608. The molecule has 2 atom stereocenters. The molecule has 18 heavy (non-hydrogen) atoms. The molecular formula is C15H32O2S. The van der Waals surface area contributed by atoms with Gasteiger partial charge in [0.15, 0.2) is 0 Å². The molecule has 0 bridgehead atoms. The number of thioether (sulfide) groups is 1. The molecule has 0 saturated heterocycles. The Kier molecular flexibility index (Phi) is 13.9. The summed E-state index contributed by atoms with van der Waals surface area (Å²) in [4.78, 5) is 0. The summed E-state index contributed by atoms with van der Waals surface area (Å²) in [6.07, 6.45) is 12.8. The Hall–Kier alpha value is 0.270. The predicted molar refractivity (Wildman–Crippen MR) is 82.0 cm³/mol. The fourth-order valence-electron chi connectivity index (χ4n) is 1.93. The molecular weight excluding hydrogens is 244 g/mol. The third-order valence-corrected chi connectivity index (χ3v) is 4.46. The van der Waals surface area contributed by atoms with E-state index in [1.54, 1.807) is 6.92 Å². The molecule has 0 aromatic carbocycles. The summed E-state index contributed by atoms with van der Waals surface area (Å²) in [5.74, 6) is 0.961. The first-order valence-corrected chi connectivity index (χ1v) is 8.71. The van der Waals surface area contributed by atoms with E-state index in [0.717, 1.165) is 12.2 Å². The molecule has 110 valence electrons. The number of aliphatic hydroxyl groups is 2. The molecule has 0 rings (SSSR count). The molecule has 0 aliphatic heterocycles. The van der Waals surface area contributed by atoms with Gasteiger partial charge >= 0.3 is 0 Å². The summed E-state index contributed by atoms with van der Waals surface area (Å²) in [5.41, 5.74) is -0.608. The average Bonchev–Trinajstić information content (AvgIpc) is 2.35. The predicted octanol–water partition coefficient (Wildman–Crippen LogP) is 4.34. The van der Waals surface area contributed by atoms with Crippen LogP contribution < -0.4 is 0 Å². The van der Waals surface area contributed by atoms with E-state index in [-0.39, 0.29) is 0 Å². The number of hydrogen-bond donors (Lipinski definition) is 2. The van der Waals surface area contributed by atoms with E-state index in [1.165, 1.54) is 69.5 Å². The van der Waals surface area contributed by atoms with Gasteiger partial charge in [0.1, 0.15) is 5.44 Å².